The van der Waals surface area contributed by atoms with Crippen LogP contribution in [-0.2, 0) is 25.5 Å². The number of amides is 2. The molecule has 0 aliphatic heterocycles. The molecule has 1 unspecified atom stereocenters. The molecule has 0 fully saturated rings. The van der Waals surface area contributed by atoms with Crippen LogP contribution < -0.4 is 21.7 Å². The number of ether oxygens (including phenoxy) is 1. The number of aromatic amines is 1. The van der Waals surface area contributed by atoms with Gasteiger partial charge >= 0.3 is 5.97 Å². The van der Waals surface area contributed by atoms with Crippen molar-refractivity contribution in [1.82, 2.24) is 15.6 Å². The first-order valence-corrected chi connectivity index (χ1v) is 10.9. The lowest BCUT2D eigenvalue weighted by molar-refractivity contribution is -0.147. The van der Waals surface area contributed by atoms with Crippen molar-refractivity contribution >= 4 is 40.2 Å². The third kappa shape index (κ3) is 6.35. The van der Waals surface area contributed by atoms with E-state index < -0.39 is 17.9 Å². The Hall–Kier alpha value is -4.34. The van der Waals surface area contributed by atoms with Gasteiger partial charge in [0.15, 0.2) is 0 Å². The number of benzene rings is 2. The third-order valence-corrected chi connectivity index (χ3v) is 5.08. The number of anilines is 1. The fourth-order valence-electron chi connectivity index (χ4n) is 3.41. The van der Waals surface area contributed by atoms with Gasteiger partial charge in [0.25, 0.3) is 5.91 Å². The molecule has 0 spiro atoms. The number of carbonyl (C=O) groups excluding carboxylic acids is 3. The summed E-state index contributed by atoms with van der Waals surface area (Å²) in [7, 11) is 0. The van der Waals surface area contributed by atoms with Gasteiger partial charge in [0.05, 0.1) is 13.2 Å². The molecule has 10 nitrogen and oxygen atoms in total. The number of H-pyrrole nitrogens is 1. The Bertz CT molecular complexity index is 1190. The van der Waals surface area contributed by atoms with Crippen LogP contribution in [0.25, 0.3) is 10.9 Å². The molecule has 0 saturated heterocycles. The molecule has 0 bridgehead atoms. The van der Waals surface area contributed by atoms with Crippen molar-refractivity contribution < 1.29 is 19.1 Å². The summed E-state index contributed by atoms with van der Waals surface area (Å²) in [5.74, 6) is -2.02. The zero-order valence-corrected chi connectivity index (χ0v) is 18.8. The Kier molecular flexibility index (Phi) is 8.22. The van der Waals surface area contributed by atoms with E-state index in [1.54, 1.807) is 31.2 Å². The molecule has 3 rings (SSSR count). The van der Waals surface area contributed by atoms with Gasteiger partial charge in [-0.3, -0.25) is 15.0 Å². The summed E-state index contributed by atoms with van der Waals surface area (Å²) in [6, 6.07) is 13.0. The largest absolute Gasteiger partial charge is 0.464 e. The first-order valence-electron chi connectivity index (χ1n) is 10.9. The minimum Gasteiger partial charge on any atom is -0.464 e. The summed E-state index contributed by atoms with van der Waals surface area (Å²) in [6.45, 7) is 1.82. The van der Waals surface area contributed by atoms with E-state index in [2.05, 4.69) is 20.9 Å². The van der Waals surface area contributed by atoms with E-state index in [1.165, 1.54) is 0 Å². The number of nitrogens with two attached hydrogens (primary N) is 1. The molecule has 1 aromatic heterocycles. The fraction of sp³-hybridized carbons (Fsp3) is 0.250. The SMILES string of the molecule is CCOC(=O)C(Nc1cccc(C(=N)N)c1)C(=O)NCC(=O)NCCc1c[nH]c2ccccc12. The van der Waals surface area contributed by atoms with Gasteiger partial charge in [-0.05, 0) is 37.1 Å². The molecular weight excluding hydrogens is 436 g/mol. The highest BCUT2D eigenvalue weighted by Crippen LogP contribution is 2.17. The number of rotatable bonds is 11. The number of para-hydroxylation sites is 1. The quantitative estimate of drug-likeness (QED) is 0.108. The number of nitrogen functional groups attached to an aromatic ring is 1. The summed E-state index contributed by atoms with van der Waals surface area (Å²) in [6.07, 6.45) is 2.54. The standard InChI is InChI=1S/C24H28N6O4/c1-2-34-24(33)21(30-17-7-5-6-15(12-17)22(25)26)23(32)29-14-20(31)27-11-10-16-13-28-19-9-4-3-8-18(16)19/h3-9,12-13,21,28,30H,2,10-11,14H2,1H3,(H3,25,26)(H,27,31)(H,29,32). The predicted molar refractivity (Wildman–Crippen MR) is 130 cm³/mol. The first-order chi connectivity index (χ1) is 16.4. The van der Waals surface area contributed by atoms with Crippen molar-refractivity contribution in [1.29, 1.82) is 5.41 Å². The second-order valence-electron chi connectivity index (χ2n) is 7.50. The number of esters is 1. The molecule has 1 heterocycles. The first kappa shape index (κ1) is 24.3. The smallest absolute Gasteiger partial charge is 0.338 e. The van der Waals surface area contributed by atoms with Crippen LogP contribution in [0.4, 0.5) is 5.69 Å². The number of hydrogen-bond acceptors (Lipinski definition) is 6. The van der Waals surface area contributed by atoms with E-state index in [4.69, 9.17) is 15.9 Å². The second kappa shape index (κ2) is 11.5. The topological polar surface area (TPSA) is 162 Å². The van der Waals surface area contributed by atoms with Gasteiger partial charge in [0.2, 0.25) is 11.9 Å². The lowest BCUT2D eigenvalue weighted by atomic mass is 10.1. The molecule has 0 aliphatic carbocycles. The summed E-state index contributed by atoms with van der Waals surface area (Å²) >= 11 is 0. The average molecular weight is 465 g/mol. The summed E-state index contributed by atoms with van der Waals surface area (Å²) in [4.78, 5) is 40.4. The Labute approximate surface area is 196 Å². The predicted octanol–water partition coefficient (Wildman–Crippen LogP) is 1.27. The highest BCUT2D eigenvalue weighted by molar-refractivity contribution is 6.05. The zero-order chi connectivity index (χ0) is 24.5. The lowest BCUT2D eigenvalue weighted by Crippen LogP contribution is -2.48. The number of aromatic nitrogens is 1. The maximum absolute atomic E-state index is 12.7. The summed E-state index contributed by atoms with van der Waals surface area (Å²) < 4.78 is 4.99. The minimum absolute atomic E-state index is 0.0894. The van der Waals surface area contributed by atoms with E-state index in [-0.39, 0.29) is 24.9 Å². The maximum atomic E-state index is 12.7. The third-order valence-electron chi connectivity index (χ3n) is 5.08. The van der Waals surface area contributed by atoms with Crippen LogP contribution in [0.2, 0.25) is 0 Å². The van der Waals surface area contributed by atoms with Gasteiger partial charge in [0.1, 0.15) is 5.84 Å². The van der Waals surface area contributed by atoms with Crippen molar-refractivity contribution in [2.75, 3.05) is 25.0 Å². The number of fused-ring (bicyclic) bond motifs is 1. The molecule has 0 aliphatic rings. The maximum Gasteiger partial charge on any atom is 0.338 e. The number of amidine groups is 1. The van der Waals surface area contributed by atoms with Crippen LogP contribution in [0.1, 0.15) is 18.1 Å². The van der Waals surface area contributed by atoms with Crippen molar-refractivity contribution in [3.63, 3.8) is 0 Å². The van der Waals surface area contributed by atoms with E-state index in [1.807, 2.05) is 30.5 Å². The Balaban J connectivity index is 1.53. The molecule has 178 valence electrons. The van der Waals surface area contributed by atoms with Crippen LogP contribution in [0, 0.1) is 5.41 Å². The Morgan fingerprint density at radius 2 is 1.91 bits per heavy atom. The lowest BCUT2D eigenvalue weighted by Gasteiger charge is -2.18. The molecule has 7 N–H and O–H groups in total. The van der Waals surface area contributed by atoms with Crippen LogP contribution >= 0.6 is 0 Å². The van der Waals surface area contributed by atoms with Gasteiger partial charge < -0.3 is 31.4 Å². The van der Waals surface area contributed by atoms with Crippen molar-refractivity contribution in [2.45, 2.75) is 19.4 Å². The van der Waals surface area contributed by atoms with Gasteiger partial charge in [-0.2, -0.15) is 0 Å². The number of carbonyl (C=O) groups is 3. The van der Waals surface area contributed by atoms with Gasteiger partial charge in [0, 0.05) is 34.9 Å². The van der Waals surface area contributed by atoms with E-state index in [0.717, 1.165) is 16.5 Å². The fourth-order valence-corrected chi connectivity index (χ4v) is 3.41. The zero-order valence-electron chi connectivity index (χ0n) is 18.8. The van der Waals surface area contributed by atoms with Gasteiger partial charge in [-0.15, -0.1) is 0 Å². The van der Waals surface area contributed by atoms with Gasteiger partial charge in [-0.25, -0.2) is 4.79 Å². The monoisotopic (exact) mass is 464 g/mol. The van der Waals surface area contributed by atoms with E-state index >= 15 is 0 Å². The normalized spacial score (nSPS) is 11.4. The molecule has 0 radical (unpaired) electrons. The van der Waals surface area contributed by atoms with Crippen molar-refractivity contribution in [3.05, 3.63) is 65.9 Å². The minimum atomic E-state index is -1.37. The van der Waals surface area contributed by atoms with E-state index in [0.29, 0.717) is 24.2 Å². The van der Waals surface area contributed by atoms with E-state index in [9.17, 15) is 14.4 Å². The highest BCUT2D eigenvalue weighted by atomic mass is 16.5. The second-order valence-corrected chi connectivity index (χ2v) is 7.50. The van der Waals surface area contributed by atoms with Crippen LogP contribution in [0.5, 0.6) is 0 Å². The molecule has 0 saturated carbocycles. The molecule has 3 aromatic rings. The molecule has 2 aromatic carbocycles. The highest BCUT2D eigenvalue weighted by Gasteiger charge is 2.28. The summed E-state index contributed by atoms with van der Waals surface area (Å²) in [5.41, 5.74) is 8.45. The molecule has 34 heavy (non-hydrogen) atoms. The molecule has 10 heteroatoms. The number of nitrogens with one attached hydrogen (secondary N) is 5. The number of hydrogen-bond donors (Lipinski definition) is 6. The molecule has 2 amide bonds. The van der Waals surface area contributed by atoms with Crippen LogP contribution in [0.3, 0.4) is 0 Å². The summed E-state index contributed by atoms with van der Waals surface area (Å²) in [5, 5.41) is 16.7. The molecule has 1 atom stereocenters. The van der Waals surface area contributed by atoms with Crippen LogP contribution in [0.15, 0.2) is 54.7 Å². The van der Waals surface area contributed by atoms with Gasteiger partial charge in [-0.1, -0.05) is 30.3 Å². The van der Waals surface area contributed by atoms with Crippen LogP contribution in [-0.4, -0.2) is 54.3 Å². The van der Waals surface area contributed by atoms with Crippen molar-refractivity contribution in [2.24, 2.45) is 5.73 Å². The Morgan fingerprint density at radius 1 is 1.12 bits per heavy atom. The average Bonchev–Trinajstić information content (AvgIpc) is 3.24. The van der Waals surface area contributed by atoms with Crippen molar-refractivity contribution in [3.8, 4) is 0 Å². The molecular formula is C24H28N6O4. The Morgan fingerprint density at radius 3 is 2.68 bits per heavy atom.